The number of nitrogens with one attached hydrogen (secondary N) is 1. The van der Waals surface area contributed by atoms with Gasteiger partial charge in [-0.2, -0.15) is 0 Å². The summed E-state index contributed by atoms with van der Waals surface area (Å²) in [4.78, 5) is 9.89. The van der Waals surface area contributed by atoms with Gasteiger partial charge in [0.05, 0.1) is 5.52 Å². The number of benzene rings is 1. The highest BCUT2D eigenvalue weighted by atomic mass is 32.1. The number of nitrogen functional groups attached to an aromatic ring is 1. The molecule has 0 fully saturated rings. The first kappa shape index (κ1) is 11.9. The summed E-state index contributed by atoms with van der Waals surface area (Å²) < 4.78 is 0. The number of nitrogens with zero attached hydrogens (tertiary/aromatic N) is 2. The van der Waals surface area contributed by atoms with Crippen LogP contribution in [0.15, 0.2) is 42.0 Å². The van der Waals surface area contributed by atoms with Gasteiger partial charge in [0.25, 0.3) is 0 Å². The number of thiophene rings is 1. The Kier molecular flexibility index (Phi) is 3.29. The summed E-state index contributed by atoms with van der Waals surface area (Å²) in [6.45, 7) is 0.849. The lowest BCUT2D eigenvalue weighted by Crippen LogP contribution is -2.06. The quantitative estimate of drug-likeness (QED) is 0.715. The number of aromatic nitrogens is 2. The van der Waals surface area contributed by atoms with E-state index in [9.17, 15) is 0 Å². The number of rotatable bonds is 4. The van der Waals surface area contributed by atoms with E-state index in [2.05, 4.69) is 32.8 Å². The van der Waals surface area contributed by atoms with Gasteiger partial charge in [0, 0.05) is 22.5 Å². The smallest absolute Gasteiger partial charge is 0.137 e. The molecule has 0 aliphatic heterocycles. The molecule has 1 aromatic carbocycles. The van der Waals surface area contributed by atoms with E-state index in [0.717, 1.165) is 35.4 Å². The third kappa shape index (κ3) is 2.66. The summed E-state index contributed by atoms with van der Waals surface area (Å²) >= 11 is 1.77. The lowest BCUT2D eigenvalue weighted by Gasteiger charge is -2.08. The van der Waals surface area contributed by atoms with Gasteiger partial charge in [0.15, 0.2) is 0 Å². The summed E-state index contributed by atoms with van der Waals surface area (Å²) in [5, 5.41) is 6.41. The van der Waals surface area contributed by atoms with E-state index in [1.165, 1.54) is 4.88 Å². The van der Waals surface area contributed by atoms with Crippen LogP contribution in [0.1, 0.15) is 4.88 Å². The van der Waals surface area contributed by atoms with Crippen LogP contribution in [0.25, 0.3) is 10.9 Å². The highest BCUT2D eigenvalue weighted by molar-refractivity contribution is 7.09. The highest BCUT2D eigenvalue weighted by Crippen LogP contribution is 2.21. The Hall–Kier alpha value is -2.14. The molecule has 3 aromatic rings. The largest absolute Gasteiger partial charge is 0.399 e. The lowest BCUT2D eigenvalue weighted by molar-refractivity contribution is 1.03. The predicted molar refractivity (Wildman–Crippen MR) is 80.5 cm³/mol. The Morgan fingerprint density at radius 1 is 1.21 bits per heavy atom. The molecule has 0 bridgehead atoms. The second-order valence-corrected chi connectivity index (χ2v) is 5.29. The third-order valence-corrected chi connectivity index (χ3v) is 3.84. The molecule has 0 aliphatic rings. The van der Waals surface area contributed by atoms with Crippen LogP contribution in [0.2, 0.25) is 0 Å². The number of hydrogen-bond acceptors (Lipinski definition) is 5. The van der Waals surface area contributed by atoms with E-state index < -0.39 is 0 Å². The standard InChI is InChI=1S/C14H14N4S/c15-10-3-4-13-12(8-10)14(18-9-17-13)16-6-5-11-2-1-7-19-11/h1-4,7-9H,5-6,15H2,(H,16,17,18). The monoisotopic (exact) mass is 270 g/mol. The van der Waals surface area contributed by atoms with Gasteiger partial charge in [-0.05, 0) is 36.1 Å². The molecule has 0 spiro atoms. The molecule has 4 nitrogen and oxygen atoms in total. The fourth-order valence-electron chi connectivity index (χ4n) is 1.97. The van der Waals surface area contributed by atoms with Crippen LogP contribution in [-0.2, 0) is 6.42 Å². The summed E-state index contributed by atoms with van der Waals surface area (Å²) in [5.74, 6) is 0.842. The molecule has 0 atom stereocenters. The normalized spacial score (nSPS) is 10.7. The summed E-state index contributed by atoms with van der Waals surface area (Å²) in [7, 11) is 0. The molecule has 0 unspecified atom stereocenters. The van der Waals surface area contributed by atoms with E-state index in [1.54, 1.807) is 17.7 Å². The van der Waals surface area contributed by atoms with Crippen LogP contribution in [0.3, 0.4) is 0 Å². The van der Waals surface area contributed by atoms with Crippen molar-refractivity contribution in [1.82, 2.24) is 9.97 Å². The second-order valence-electron chi connectivity index (χ2n) is 4.26. The molecule has 0 saturated heterocycles. The topological polar surface area (TPSA) is 63.8 Å². The van der Waals surface area contributed by atoms with Crippen molar-refractivity contribution in [3.8, 4) is 0 Å². The molecular weight excluding hydrogens is 256 g/mol. The van der Waals surface area contributed by atoms with Crippen LogP contribution in [-0.4, -0.2) is 16.5 Å². The molecule has 5 heteroatoms. The molecule has 0 aliphatic carbocycles. The zero-order valence-corrected chi connectivity index (χ0v) is 11.2. The van der Waals surface area contributed by atoms with E-state index in [1.807, 2.05) is 18.2 Å². The Morgan fingerprint density at radius 3 is 3.00 bits per heavy atom. The highest BCUT2D eigenvalue weighted by Gasteiger charge is 2.03. The van der Waals surface area contributed by atoms with Gasteiger partial charge >= 0.3 is 0 Å². The van der Waals surface area contributed by atoms with E-state index in [0.29, 0.717) is 0 Å². The summed E-state index contributed by atoms with van der Waals surface area (Å²) in [5.41, 5.74) is 7.45. The van der Waals surface area contributed by atoms with Gasteiger partial charge in [-0.25, -0.2) is 9.97 Å². The van der Waals surface area contributed by atoms with Crippen LogP contribution < -0.4 is 11.1 Å². The van der Waals surface area contributed by atoms with Crippen LogP contribution in [0, 0.1) is 0 Å². The molecule has 3 N–H and O–H groups in total. The molecule has 3 rings (SSSR count). The third-order valence-electron chi connectivity index (χ3n) is 2.90. The lowest BCUT2D eigenvalue weighted by atomic mass is 10.2. The predicted octanol–water partition coefficient (Wildman–Crippen LogP) is 2.93. The van der Waals surface area contributed by atoms with Crippen molar-refractivity contribution in [1.29, 1.82) is 0 Å². The van der Waals surface area contributed by atoms with Gasteiger partial charge in [-0.3, -0.25) is 0 Å². The Morgan fingerprint density at radius 2 is 2.16 bits per heavy atom. The van der Waals surface area contributed by atoms with E-state index in [4.69, 9.17) is 5.73 Å². The van der Waals surface area contributed by atoms with Crippen molar-refractivity contribution >= 4 is 33.7 Å². The average Bonchev–Trinajstić information content (AvgIpc) is 2.92. The minimum absolute atomic E-state index is 0.726. The number of anilines is 2. The molecule has 96 valence electrons. The fraction of sp³-hybridized carbons (Fsp3) is 0.143. The molecule has 0 amide bonds. The maximum atomic E-state index is 5.82. The molecule has 0 radical (unpaired) electrons. The Labute approximate surface area is 115 Å². The van der Waals surface area contributed by atoms with E-state index in [-0.39, 0.29) is 0 Å². The number of hydrogen-bond donors (Lipinski definition) is 2. The van der Waals surface area contributed by atoms with Gasteiger partial charge in [0.1, 0.15) is 12.1 Å². The fourth-order valence-corrected chi connectivity index (χ4v) is 2.68. The maximum Gasteiger partial charge on any atom is 0.137 e. The first-order valence-electron chi connectivity index (χ1n) is 6.09. The number of nitrogens with two attached hydrogens (primary N) is 1. The minimum Gasteiger partial charge on any atom is -0.399 e. The Balaban J connectivity index is 1.78. The average molecular weight is 270 g/mol. The van der Waals surface area contributed by atoms with Crippen LogP contribution in [0.4, 0.5) is 11.5 Å². The van der Waals surface area contributed by atoms with Crippen molar-refractivity contribution in [2.24, 2.45) is 0 Å². The van der Waals surface area contributed by atoms with Gasteiger partial charge in [-0.1, -0.05) is 6.07 Å². The Bertz CT molecular complexity index is 679. The van der Waals surface area contributed by atoms with Gasteiger partial charge < -0.3 is 11.1 Å². The molecular formula is C14H14N4S. The zero-order valence-electron chi connectivity index (χ0n) is 10.3. The summed E-state index contributed by atoms with van der Waals surface area (Å²) in [6.07, 6.45) is 2.57. The second kappa shape index (κ2) is 5.24. The zero-order chi connectivity index (χ0) is 13.1. The molecule has 2 aromatic heterocycles. The first-order valence-corrected chi connectivity index (χ1v) is 6.97. The first-order chi connectivity index (χ1) is 9.33. The maximum absolute atomic E-state index is 5.82. The van der Waals surface area contributed by atoms with Gasteiger partial charge in [-0.15, -0.1) is 11.3 Å². The van der Waals surface area contributed by atoms with Crippen LogP contribution in [0.5, 0.6) is 0 Å². The molecule has 0 saturated carbocycles. The van der Waals surface area contributed by atoms with Crippen molar-refractivity contribution in [3.63, 3.8) is 0 Å². The van der Waals surface area contributed by atoms with Crippen molar-refractivity contribution in [2.75, 3.05) is 17.6 Å². The minimum atomic E-state index is 0.726. The molecule has 19 heavy (non-hydrogen) atoms. The summed E-state index contributed by atoms with van der Waals surface area (Å²) in [6, 6.07) is 9.88. The van der Waals surface area contributed by atoms with Crippen molar-refractivity contribution in [2.45, 2.75) is 6.42 Å². The molecule has 2 heterocycles. The van der Waals surface area contributed by atoms with E-state index >= 15 is 0 Å². The number of fused-ring (bicyclic) bond motifs is 1. The van der Waals surface area contributed by atoms with Crippen LogP contribution >= 0.6 is 11.3 Å². The van der Waals surface area contributed by atoms with Gasteiger partial charge in [0.2, 0.25) is 0 Å². The SMILES string of the molecule is Nc1ccc2ncnc(NCCc3cccs3)c2c1. The van der Waals surface area contributed by atoms with Crippen molar-refractivity contribution < 1.29 is 0 Å². The van der Waals surface area contributed by atoms with Crippen molar-refractivity contribution in [3.05, 3.63) is 46.9 Å².